The maximum absolute atomic E-state index is 6.61. The third-order valence-electron chi connectivity index (χ3n) is 8.17. The van der Waals surface area contributed by atoms with Crippen molar-refractivity contribution < 1.29 is 4.42 Å². The standard InChI is InChI=1S/C39H28N2O/c1-4-12-26(13-5-1)29-18-10-19-30(24-29)31-22-23-33-37-32(20-11-21-36(37)42-38(31)33)35-25-34(27-14-6-2-7-15-27)40-39(41-35)28-16-8-3-9-17-28/h2-4,6-22,24-25H,1,5,23H2. The van der Waals surface area contributed by atoms with Crippen LogP contribution in [0.15, 0.2) is 138 Å². The van der Waals surface area contributed by atoms with Crippen LogP contribution in [0.2, 0.25) is 0 Å². The molecule has 0 atom stereocenters. The molecule has 6 aromatic rings. The average molecular weight is 541 g/mol. The van der Waals surface area contributed by atoms with Gasteiger partial charge in [0.15, 0.2) is 5.82 Å². The SMILES string of the molecule is C1=CC(c2cccc(C3=CCc4c3oc3cccc(-c5cc(-c6ccccc6)nc(-c6ccccc6)n5)c43)c2)=CCC1. The highest BCUT2D eigenvalue weighted by Gasteiger charge is 2.26. The lowest BCUT2D eigenvalue weighted by Crippen LogP contribution is -1.96. The molecule has 0 unspecified atom stereocenters. The van der Waals surface area contributed by atoms with E-state index in [1.165, 1.54) is 22.3 Å². The maximum Gasteiger partial charge on any atom is 0.160 e. The number of furan rings is 1. The van der Waals surface area contributed by atoms with Crippen LogP contribution in [0.1, 0.15) is 35.3 Å². The Balaban J connectivity index is 1.26. The molecule has 0 aliphatic heterocycles. The van der Waals surface area contributed by atoms with Crippen molar-refractivity contribution in [2.75, 3.05) is 0 Å². The molecule has 0 fully saturated rings. The highest BCUT2D eigenvalue weighted by Crippen LogP contribution is 2.43. The van der Waals surface area contributed by atoms with Crippen molar-refractivity contribution in [3.63, 3.8) is 0 Å². The van der Waals surface area contributed by atoms with Gasteiger partial charge in [0.05, 0.1) is 11.4 Å². The van der Waals surface area contributed by atoms with Gasteiger partial charge in [0.25, 0.3) is 0 Å². The van der Waals surface area contributed by atoms with Crippen LogP contribution in [0, 0.1) is 0 Å². The van der Waals surface area contributed by atoms with Gasteiger partial charge in [0.2, 0.25) is 0 Å². The molecule has 4 aromatic carbocycles. The van der Waals surface area contributed by atoms with Gasteiger partial charge in [-0.15, -0.1) is 0 Å². The molecule has 0 bridgehead atoms. The Morgan fingerprint density at radius 1 is 0.595 bits per heavy atom. The minimum Gasteiger partial charge on any atom is -0.456 e. The summed E-state index contributed by atoms with van der Waals surface area (Å²) in [6.45, 7) is 0. The lowest BCUT2D eigenvalue weighted by Gasteiger charge is -2.10. The molecule has 3 heteroatoms. The van der Waals surface area contributed by atoms with E-state index in [1.807, 2.05) is 36.4 Å². The van der Waals surface area contributed by atoms with Crippen LogP contribution in [0.3, 0.4) is 0 Å². The van der Waals surface area contributed by atoms with Crippen LogP contribution >= 0.6 is 0 Å². The van der Waals surface area contributed by atoms with Gasteiger partial charge < -0.3 is 4.42 Å². The van der Waals surface area contributed by atoms with Gasteiger partial charge in [-0.2, -0.15) is 0 Å². The number of allylic oxidation sites excluding steroid dienone is 5. The number of hydrogen-bond donors (Lipinski definition) is 0. The molecular formula is C39H28N2O. The van der Waals surface area contributed by atoms with E-state index >= 15 is 0 Å². The van der Waals surface area contributed by atoms with Crippen LogP contribution in [-0.2, 0) is 6.42 Å². The lowest BCUT2D eigenvalue weighted by atomic mass is 9.95. The summed E-state index contributed by atoms with van der Waals surface area (Å²) < 4.78 is 6.61. The van der Waals surface area contributed by atoms with Crippen molar-refractivity contribution in [1.29, 1.82) is 0 Å². The average Bonchev–Trinajstić information content (AvgIpc) is 3.65. The summed E-state index contributed by atoms with van der Waals surface area (Å²) in [7, 11) is 0. The molecule has 0 N–H and O–H groups in total. The van der Waals surface area contributed by atoms with Gasteiger partial charge in [0.1, 0.15) is 11.3 Å². The first-order chi connectivity index (χ1) is 20.8. The summed E-state index contributed by atoms with van der Waals surface area (Å²) in [5, 5.41) is 1.13. The first kappa shape index (κ1) is 24.5. The lowest BCUT2D eigenvalue weighted by molar-refractivity contribution is 0.599. The molecule has 200 valence electrons. The van der Waals surface area contributed by atoms with E-state index in [0.29, 0.717) is 5.82 Å². The number of rotatable bonds is 5. The first-order valence-electron chi connectivity index (χ1n) is 14.5. The van der Waals surface area contributed by atoms with Gasteiger partial charge in [0, 0.05) is 33.2 Å². The molecule has 2 aliphatic carbocycles. The van der Waals surface area contributed by atoms with Gasteiger partial charge in [-0.25, -0.2) is 9.97 Å². The summed E-state index contributed by atoms with van der Waals surface area (Å²) in [5.41, 5.74) is 11.9. The molecule has 2 aliphatic rings. The third kappa shape index (κ3) is 4.31. The van der Waals surface area contributed by atoms with Crippen molar-refractivity contribution in [2.24, 2.45) is 0 Å². The van der Waals surface area contributed by atoms with E-state index in [0.717, 1.165) is 69.6 Å². The van der Waals surface area contributed by atoms with Crippen molar-refractivity contribution in [2.45, 2.75) is 19.3 Å². The second kappa shape index (κ2) is 10.3. The van der Waals surface area contributed by atoms with Crippen molar-refractivity contribution in [3.8, 4) is 33.9 Å². The van der Waals surface area contributed by atoms with Crippen LogP contribution in [0.25, 0.3) is 56.0 Å². The molecule has 0 saturated carbocycles. The predicted octanol–water partition coefficient (Wildman–Crippen LogP) is 9.94. The maximum atomic E-state index is 6.61. The van der Waals surface area contributed by atoms with Crippen molar-refractivity contribution in [1.82, 2.24) is 9.97 Å². The number of fused-ring (bicyclic) bond motifs is 3. The van der Waals surface area contributed by atoms with Gasteiger partial charge in [-0.3, -0.25) is 0 Å². The number of hydrogen-bond acceptors (Lipinski definition) is 3. The third-order valence-corrected chi connectivity index (χ3v) is 8.17. The molecule has 0 radical (unpaired) electrons. The Kier molecular flexibility index (Phi) is 6.00. The normalized spacial score (nSPS) is 14.1. The quantitative estimate of drug-likeness (QED) is 0.218. The fraction of sp³-hybridized carbons (Fsp3) is 0.0769. The summed E-state index contributed by atoms with van der Waals surface area (Å²) >= 11 is 0. The smallest absolute Gasteiger partial charge is 0.160 e. The second-order valence-corrected chi connectivity index (χ2v) is 10.8. The zero-order valence-electron chi connectivity index (χ0n) is 23.1. The number of aromatic nitrogens is 2. The Labute approximate surface area is 245 Å². The van der Waals surface area contributed by atoms with Crippen molar-refractivity contribution in [3.05, 3.63) is 156 Å². The van der Waals surface area contributed by atoms with Crippen LogP contribution in [0.4, 0.5) is 0 Å². The van der Waals surface area contributed by atoms with Gasteiger partial charge >= 0.3 is 0 Å². The summed E-state index contributed by atoms with van der Waals surface area (Å²) in [6, 6.07) is 37.7. The monoisotopic (exact) mass is 540 g/mol. The zero-order valence-corrected chi connectivity index (χ0v) is 23.1. The molecule has 0 amide bonds. The minimum atomic E-state index is 0.714. The Morgan fingerprint density at radius 2 is 1.33 bits per heavy atom. The summed E-state index contributed by atoms with van der Waals surface area (Å²) in [5.74, 6) is 1.68. The predicted molar refractivity (Wildman–Crippen MR) is 172 cm³/mol. The van der Waals surface area contributed by atoms with Crippen molar-refractivity contribution >= 4 is 22.1 Å². The number of benzene rings is 4. The van der Waals surface area contributed by atoms with E-state index in [2.05, 4.69) is 97.1 Å². The molecule has 2 heterocycles. The van der Waals surface area contributed by atoms with Crippen LogP contribution in [-0.4, -0.2) is 9.97 Å². The fourth-order valence-corrected chi connectivity index (χ4v) is 6.14. The Hall–Kier alpha value is -5.28. The Morgan fingerprint density at radius 3 is 2.14 bits per heavy atom. The van der Waals surface area contributed by atoms with Crippen LogP contribution in [0.5, 0.6) is 0 Å². The molecule has 42 heavy (non-hydrogen) atoms. The van der Waals surface area contributed by atoms with Gasteiger partial charge in [-0.05, 0) is 54.2 Å². The second-order valence-electron chi connectivity index (χ2n) is 10.8. The topological polar surface area (TPSA) is 38.9 Å². The molecule has 3 nitrogen and oxygen atoms in total. The molecule has 2 aromatic heterocycles. The minimum absolute atomic E-state index is 0.714. The Bertz CT molecular complexity index is 1990. The summed E-state index contributed by atoms with van der Waals surface area (Å²) in [6.07, 6.45) is 12.2. The summed E-state index contributed by atoms with van der Waals surface area (Å²) in [4.78, 5) is 10.1. The van der Waals surface area contributed by atoms with E-state index in [1.54, 1.807) is 0 Å². The molecular weight excluding hydrogens is 512 g/mol. The molecule has 0 saturated heterocycles. The molecule has 8 rings (SSSR count). The van der Waals surface area contributed by atoms with E-state index in [4.69, 9.17) is 14.4 Å². The molecule has 0 spiro atoms. The van der Waals surface area contributed by atoms with E-state index < -0.39 is 0 Å². The highest BCUT2D eigenvalue weighted by atomic mass is 16.3. The first-order valence-corrected chi connectivity index (χ1v) is 14.5. The van der Waals surface area contributed by atoms with E-state index in [9.17, 15) is 0 Å². The fourth-order valence-electron chi connectivity index (χ4n) is 6.14. The van der Waals surface area contributed by atoms with E-state index in [-0.39, 0.29) is 0 Å². The number of nitrogens with zero attached hydrogens (tertiary/aromatic N) is 2. The van der Waals surface area contributed by atoms with Gasteiger partial charge in [-0.1, -0.05) is 115 Å². The van der Waals surface area contributed by atoms with Crippen LogP contribution < -0.4 is 0 Å². The highest BCUT2D eigenvalue weighted by molar-refractivity contribution is 6.01. The largest absolute Gasteiger partial charge is 0.456 e. The zero-order chi connectivity index (χ0) is 27.9.